The maximum absolute atomic E-state index is 13.3. The molecule has 0 aromatic heterocycles. The molecule has 0 spiro atoms. The van der Waals surface area contributed by atoms with Gasteiger partial charge in [0.25, 0.3) is 0 Å². The highest BCUT2D eigenvalue weighted by Crippen LogP contribution is 2.29. The van der Waals surface area contributed by atoms with Gasteiger partial charge in [0.15, 0.2) is 0 Å². The summed E-state index contributed by atoms with van der Waals surface area (Å²) in [5, 5.41) is 0.117. The first-order valence-electron chi connectivity index (χ1n) is 6.55. The monoisotopic (exact) mass is 302 g/mol. The number of nitrogens with zero attached hydrogens (tertiary/aromatic N) is 1. The highest BCUT2D eigenvalue weighted by atomic mass is 35.5. The summed E-state index contributed by atoms with van der Waals surface area (Å²) in [6.45, 7) is 1.88. The van der Waals surface area contributed by atoms with Gasteiger partial charge in [-0.3, -0.25) is 4.90 Å². The molecule has 3 unspecified atom stereocenters. The first kappa shape index (κ1) is 15.7. The maximum atomic E-state index is 13.3. The van der Waals surface area contributed by atoms with Gasteiger partial charge in [0.2, 0.25) is 0 Å². The molecule has 0 aliphatic carbocycles. The molecule has 2 rings (SSSR count). The van der Waals surface area contributed by atoms with Crippen LogP contribution in [0.25, 0.3) is 0 Å². The fourth-order valence-electron chi connectivity index (χ4n) is 2.69. The first-order chi connectivity index (χ1) is 9.60. The van der Waals surface area contributed by atoms with E-state index in [0.29, 0.717) is 6.54 Å². The smallest absolute Gasteiger partial charge is 0.141 e. The van der Waals surface area contributed by atoms with Gasteiger partial charge in [-0.05, 0) is 17.7 Å². The summed E-state index contributed by atoms with van der Waals surface area (Å²) in [6, 6.07) is 4.71. The molecule has 20 heavy (non-hydrogen) atoms. The molecule has 0 radical (unpaired) electrons. The molecule has 1 heterocycles. The molecular weight excluding hydrogens is 283 g/mol. The van der Waals surface area contributed by atoms with E-state index >= 15 is 0 Å². The number of benzene rings is 1. The van der Waals surface area contributed by atoms with Gasteiger partial charge in [-0.2, -0.15) is 0 Å². The van der Waals surface area contributed by atoms with Gasteiger partial charge in [0.05, 0.1) is 17.2 Å². The summed E-state index contributed by atoms with van der Waals surface area (Å²) in [6.07, 6.45) is 0.0370. The highest BCUT2D eigenvalue weighted by molar-refractivity contribution is 6.30. The number of halogens is 2. The lowest BCUT2D eigenvalue weighted by Gasteiger charge is -2.27. The summed E-state index contributed by atoms with van der Waals surface area (Å²) in [5.74, 6) is -0.419. The SMILES string of the molecule is COC1CN(C(CN)c2ccc(F)c(Cl)c2)CC1OC. The Balaban J connectivity index is 2.18. The predicted octanol–water partition coefficient (Wildman–Crippen LogP) is 1.82. The number of hydrogen-bond acceptors (Lipinski definition) is 4. The number of likely N-dealkylation sites (tertiary alicyclic amines) is 1. The zero-order chi connectivity index (χ0) is 14.7. The Morgan fingerprint density at radius 3 is 2.40 bits per heavy atom. The van der Waals surface area contributed by atoms with Crippen molar-refractivity contribution in [3.63, 3.8) is 0 Å². The van der Waals surface area contributed by atoms with Crippen molar-refractivity contribution in [2.75, 3.05) is 33.9 Å². The highest BCUT2D eigenvalue weighted by Gasteiger charge is 2.36. The topological polar surface area (TPSA) is 47.7 Å². The van der Waals surface area contributed by atoms with Crippen molar-refractivity contribution in [2.24, 2.45) is 5.73 Å². The second-order valence-electron chi connectivity index (χ2n) is 4.93. The molecule has 1 saturated heterocycles. The molecule has 1 aromatic carbocycles. The van der Waals surface area contributed by atoms with Crippen LogP contribution in [0.1, 0.15) is 11.6 Å². The quantitative estimate of drug-likeness (QED) is 0.901. The Morgan fingerprint density at radius 2 is 1.95 bits per heavy atom. The van der Waals surface area contributed by atoms with Gasteiger partial charge in [-0.1, -0.05) is 17.7 Å². The Hall–Kier alpha value is -0.720. The Bertz CT molecular complexity index is 449. The van der Waals surface area contributed by atoms with Crippen molar-refractivity contribution in [3.05, 3.63) is 34.6 Å². The number of nitrogens with two attached hydrogens (primary N) is 1. The van der Waals surface area contributed by atoms with Gasteiger partial charge < -0.3 is 15.2 Å². The van der Waals surface area contributed by atoms with Crippen LogP contribution in [0.5, 0.6) is 0 Å². The van der Waals surface area contributed by atoms with Crippen LogP contribution in [0, 0.1) is 5.82 Å². The van der Waals surface area contributed by atoms with Gasteiger partial charge in [0.1, 0.15) is 5.82 Å². The molecule has 112 valence electrons. The van der Waals surface area contributed by atoms with Crippen LogP contribution in [0.15, 0.2) is 18.2 Å². The van der Waals surface area contributed by atoms with Crippen LogP contribution in [0.3, 0.4) is 0 Å². The Morgan fingerprint density at radius 1 is 1.35 bits per heavy atom. The molecule has 0 saturated carbocycles. The molecule has 0 bridgehead atoms. The maximum Gasteiger partial charge on any atom is 0.141 e. The molecule has 6 heteroatoms. The van der Waals surface area contributed by atoms with Crippen LogP contribution >= 0.6 is 11.6 Å². The van der Waals surface area contributed by atoms with E-state index in [1.54, 1.807) is 26.4 Å². The van der Waals surface area contributed by atoms with Crippen molar-refractivity contribution < 1.29 is 13.9 Å². The molecule has 4 nitrogen and oxygen atoms in total. The molecule has 1 fully saturated rings. The van der Waals surface area contributed by atoms with E-state index in [9.17, 15) is 4.39 Å². The lowest BCUT2D eigenvalue weighted by atomic mass is 10.1. The third-order valence-corrected chi connectivity index (χ3v) is 4.13. The predicted molar refractivity (Wildman–Crippen MR) is 76.4 cm³/mol. The van der Waals surface area contributed by atoms with Crippen LogP contribution < -0.4 is 5.73 Å². The summed E-state index contributed by atoms with van der Waals surface area (Å²) in [5.41, 5.74) is 6.79. The third-order valence-electron chi connectivity index (χ3n) is 3.84. The lowest BCUT2D eigenvalue weighted by Crippen LogP contribution is -2.33. The number of methoxy groups -OCH3 is 2. The molecule has 1 aliphatic rings. The Kier molecular flexibility index (Phi) is 5.35. The fraction of sp³-hybridized carbons (Fsp3) is 0.571. The molecule has 1 aromatic rings. The van der Waals surface area contributed by atoms with Crippen LogP contribution in [-0.4, -0.2) is 51.0 Å². The zero-order valence-corrected chi connectivity index (χ0v) is 12.4. The van der Waals surface area contributed by atoms with Gasteiger partial charge >= 0.3 is 0 Å². The van der Waals surface area contributed by atoms with Crippen molar-refractivity contribution in [1.82, 2.24) is 4.90 Å². The number of ether oxygens (including phenoxy) is 2. The van der Waals surface area contributed by atoms with E-state index in [4.69, 9.17) is 26.8 Å². The molecule has 0 amide bonds. The summed E-state index contributed by atoms with van der Waals surface area (Å²) in [7, 11) is 3.35. The summed E-state index contributed by atoms with van der Waals surface area (Å²) in [4.78, 5) is 2.19. The molecule has 1 aliphatic heterocycles. The molecular formula is C14H20ClFN2O2. The van der Waals surface area contributed by atoms with Gasteiger partial charge in [-0.15, -0.1) is 0 Å². The number of hydrogen-bond donors (Lipinski definition) is 1. The number of rotatable bonds is 5. The first-order valence-corrected chi connectivity index (χ1v) is 6.93. The van der Waals surface area contributed by atoms with Gasteiger partial charge in [0, 0.05) is 39.9 Å². The van der Waals surface area contributed by atoms with Crippen molar-refractivity contribution in [3.8, 4) is 0 Å². The van der Waals surface area contributed by atoms with Crippen molar-refractivity contribution in [2.45, 2.75) is 18.2 Å². The fourth-order valence-corrected chi connectivity index (χ4v) is 2.88. The third kappa shape index (κ3) is 3.13. The summed E-state index contributed by atoms with van der Waals surface area (Å²) < 4.78 is 24.1. The normalized spacial score (nSPS) is 25.1. The standard InChI is InChI=1S/C14H20ClFN2O2/c1-19-13-7-18(8-14(13)20-2)12(6-17)9-3-4-11(16)10(15)5-9/h3-5,12-14H,6-8,17H2,1-2H3. The second-order valence-corrected chi connectivity index (χ2v) is 5.33. The second kappa shape index (κ2) is 6.83. The lowest BCUT2D eigenvalue weighted by molar-refractivity contribution is -0.00461. The zero-order valence-electron chi connectivity index (χ0n) is 11.7. The van der Waals surface area contributed by atoms with Crippen molar-refractivity contribution in [1.29, 1.82) is 0 Å². The van der Waals surface area contributed by atoms with E-state index in [1.165, 1.54) is 6.07 Å². The van der Waals surface area contributed by atoms with Crippen LogP contribution in [0.2, 0.25) is 5.02 Å². The molecule has 2 N–H and O–H groups in total. The van der Waals surface area contributed by atoms with Gasteiger partial charge in [-0.25, -0.2) is 4.39 Å². The largest absolute Gasteiger partial charge is 0.377 e. The summed E-state index contributed by atoms with van der Waals surface area (Å²) >= 11 is 5.85. The van der Waals surface area contributed by atoms with Crippen molar-refractivity contribution >= 4 is 11.6 Å². The Labute approximate surface area is 123 Å². The van der Waals surface area contributed by atoms with E-state index in [2.05, 4.69) is 4.90 Å². The average molecular weight is 303 g/mol. The van der Waals surface area contributed by atoms with E-state index in [-0.39, 0.29) is 23.3 Å². The van der Waals surface area contributed by atoms with Crippen LogP contribution in [-0.2, 0) is 9.47 Å². The van der Waals surface area contributed by atoms with E-state index in [0.717, 1.165) is 18.7 Å². The minimum atomic E-state index is -0.419. The van der Waals surface area contributed by atoms with E-state index < -0.39 is 5.82 Å². The van der Waals surface area contributed by atoms with Crippen LogP contribution in [0.4, 0.5) is 4.39 Å². The van der Waals surface area contributed by atoms with E-state index in [1.807, 2.05) is 0 Å². The average Bonchev–Trinajstić information content (AvgIpc) is 2.86. The molecule has 3 atom stereocenters. The minimum Gasteiger partial charge on any atom is -0.377 e. The minimum absolute atomic E-state index is 0.0185.